The predicted octanol–water partition coefficient (Wildman–Crippen LogP) is 4.86. The van der Waals surface area contributed by atoms with E-state index in [1.54, 1.807) is 13.2 Å². The van der Waals surface area contributed by atoms with E-state index < -0.39 is 0 Å². The maximum absolute atomic E-state index is 12.3. The van der Waals surface area contributed by atoms with E-state index in [-0.39, 0.29) is 5.91 Å². The van der Waals surface area contributed by atoms with Gasteiger partial charge in [0, 0.05) is 11.1 Å². The lowest BCUT2D eigenvalue weighted by Crippen LogP contribution is -2.10. The van der Waals surface area contributed by atoms with Crippen LogP contribution in [-0.4, -0.2) is 22.8 Å². The van der Waals surface area contributed by atoms with Crippen molar-refractivity contribution in [2.75, 3.05) is 12.4 Å². The highest BCUT2D eigenvalue weighted by molar-refractivity contribution is 6.30. The van der Waals surface area contributed by atoms with E-state index >= 15 is 0 Å². The first kappa shape index (κ1) is 19.7. The summed E-state index contributed by atoms with van der Waals surface area (Å²) in [7, 11) is 1.62. The molecule has 6 heteroatoms. The van der Waals surface area contributed by atoms with Crippen LogP contribution in [0.15, 0.2) is 54.6 Å². The van der Waals surface area contributed by atoms with Gasteiger partial charge in [-0.3, -0.25) is 9.48 Å². The van der Waals surface area contributed by atoms with Crippen molar-refractivity contribution in [1.82, 2.24) is 9.78 Å². The Kier molecular flexibility index (Phi) is 6.16. The zero-order chi connectivity index (χ0) is 20.1. The lowest BCUT2D eigenvalue weighted by Gasteiger charge is -2.06. The lowest BCUT2D eigenvalue weighted by molar-refractivity contribution is -0.111. The summed E-state index contributed by atoms with van der Waals surface area (Å²) in [6.07, 6.45) is 3.27. The number of nitrogens with zero attached hydrogens (tertiary/aromatic N) is 2. The number of hydrogen-bond donors (Lipinski definition) is 1. The van der Waals surface area contributed by atoms with Crippen molar-refractivity contribution in [3.63, 3.8) is 0 Å². The lowest BCUT2D eigenvalue weighted by atomic mass is 10.2. The van der Waals surface area contributed by atoms with E-state index in [2.05, 4.69) is 10.4 Å². The van der Waals surface area contributed by atoms with Gasteiger partial charge in [0.1, 0.15) is 5.75 Å². The first-order valence-electron chi connectivity index (χ1n) is 8.88. The van der Waals surface area contributed by atoms with E-state index in [0.29, 0.717) is 11.6 Å². The van der Waals surface area contributed by atoms with Crippen molar-refractivity contribution < 1.29 is 9.53 Å². The molecule has 0 aliphatic carbocycles. The van der Waals surface area contributed by atoms with Crippen LogP contribution in [-0.2, 0) is 11.3 Å². The zero-order valence-corrected chi connectivity index (χ0v) is 16.8. The minimum atomic E-state index is -0.204. The maximum atomic E-state index is 12.3. The number of rotatable bonds is 6. The third kappa shape index (κ3) is 4.81. The van der Waals surface area contributed by atoms with Crippen LogP contribution >= 0.6 is 11.6 Å². The van der Waals surface area contributed by atoms with E-state index in [4.69, 9.17) is 16.3 Å². The molecule has 0 saturated carbocycles. The van der Waals surface area contributed by atoms with Gasteiger partial charge >= 0.3 is 0 Å². The van der Waals surface area contributed by atoms with Crippen LogP contribution in [0, 0.1) is 13.8 Å². The molecule has 0 aliphatic rings. The summed E-state index contributed by atoms with van der Waals surface area (Å²) in [5.41, 5.74) is 4.36. The smallest absolute Gasteiger partial charge is 0.248 e. The van der Waals surface area contributed by atoms with Crippen LogP contribution < -0.4 is 10.1 Å². The quantitative estimate of drug-likeness (QED) is 0.606. The number of carbonyl (C=O) groups excluding carboxylic acids is 1. The van der Waals surface area contributed by atoms with Crippen LogP contribution in [0.1, 0.15) is 22.5 Å². The molecule has 0 atom stereocenters. The van der Waals surface area contributed by atoms with Crippen molar-refractivity contribution in [2.24, 2.45) is 0 Å². The predicted molar refractivity (Wildman–Crippen MR) is 113 cm³/mol. The fraction of sp³-hybridized carbons (Fsp3) is 0.182. The minimum absolute atomic E-state index is 0.204. The van der Waals surface area contributed by atoms with Crippen LogP contribution in [0.25, 0.3) is 6.08 Å². The van der Waals surface area contributed by atoms with Gasteiger partial charge in [-0.2, -0.15) is 5.10 Å². The first-order chi connectivity index (χ1) is 13.5. The minimum Gasteiger partial charge on any atom is -0.497 e. The zero-order valence-electron chi connectivity index (χ0n) is 16.1. The number of anilines is 1. The number of amides is 1. The van der Waals surface area contributed by atoms with Crippen LogP contribution in [0.2, 0.25) is 5.02 Å². The third-order valence-corrected chi connectivity index (χ3v) is 4.63. The second-order valence-electron chi connectivity index (χ2n) is 6.43. The fourth-order valence-electron chi connectivity index (χ4n) is 2.89. The van der Waals surface area contributed by atoms with Gasteiger partial charge < -0.3 is 10.1 Å². The Hall–Kier alpha value is -3.05. The highest BCUT2D eigenvalue weighted by Gasteiger charge is 2.13. The van der Waals surface area contributed by atoms with Crippen molar-refractivity contribution in [3.05, 3.63) is 82.1 Å². The maximum Gasteiger partial charge on any atom is 0.248 e. The number of benzene rings is 2. The molecule has 2 aromatic carbocycles. The Balaban J connectivity index is 1.70. The molecule has 3 aromatic rings. The van der Waals surface area contributed by atoms with E-state index in [9.17, 15) is 4.79 Å². The van der Waals surface area contributed by atoms with Crippen LogP contribution in [0.3, 0.4) is 0 Å². The molecule has 0 radical (unpaired) electrons. The molecule has 0 aliphatic heterocycles. The molecule has 1 heterocycles. The van der Waals surface area contributed by atoms with Crippen LogP contribution in [0.4, 0.5) is 5.69 Å². The standard InChI is InChI=1S/C22H22ClN3O2/c1-15-22(16(2)26(25-15)14-18-5-4-6-19(23)13-18)24-21(27)12-9-17-7-10-20(28-3)11-8-17/h4-13H,14H2,1-3H3,(H,24,27)/b12-9+. The van der Waals surface area contributed by atoms with Crippen molar-refractivity contribution in [1.29, 1.82) is 0 Å². The monoisotopic (exact) mass is 395 g/mol. The molecule has 3 rings (SSSR count). The molecule has 0 bridgehead atoms. The number of halogens is 1. The molecule has 0 unspecified atom stereocenters. The second-order valence-corrected chi connectivity index (χ2v) is 6.87. The van der Waals surface area contributed by atoms with E-state index in [1.165, 1.54) is 6.08 Å². The SMILES string of the molecule is COc1ccc(/C=C/C(=O)Nc2c(C)nn(Cc3cccc(Cl)c3)c2C)cc1. The molecule has 28 heavy (non-hydrogen) atoms. The molecule has 144 valence electrons. The number of carbonyl (C=O) groups is 1. The van der Waals surface area contributed by atoms with Crippen LogP contribution in [0.5, 0.6) is 5.75 Å². The Morgan fingerprint density at radius 3 is 2.64 bits per heavy atom. The molecule has 0 saturated heterocycles. The average Bonchev–Trinajstić information content (AvgIpc) is 2.94. The average molecular weight is 396 g/mol. The highest BCUT2D eigenvalue weighted by atomic mass is 35.5. The molecule has 1 aromatic heterocycles. The summed E-state index contributed by atoms with van der Waals surface area (Å²) in [6.45, 7) is 4.41. The van der Waals surface area contributed by atoms with Gasteiger partial charge in [-0.25, -0.2) is 0 Å². The molecule has 0 spiro atoms. The molecule has 0 fully saturated rings. The van der Waals surface area contributed by atoms with E-state index in [1.807, 2.05) is 67.1 Å². The van der Waals surface area contributed by atoms with Gasteiger partial charge in [-0.15, -0.1) is 0 Å². The molecular formula is C22H22ClN3O2. The number of ether oxygens (including phenoxy) is 1. The third-order valence-electron chi connectivity index (χ3n) is 4.39. The van der Waals surface area contributed by atoms with Gasteiger partial charge in [0.2, 0.25) is 5.91 Å². The van der Waals surface area contributed by atoms with E-state index in [0.717, 1.165) is 34.0 Å². The second kappa shape index (κ2) is 8.76. The normalized spacial score (nSPS) is 11.0. The Morgan fingerprint density at radius 1 is 1.21 bits per heavy atom. The largest absolute Gasteiger partial charge is 0.497 e. The number of aryl methyl sites for hydroxylation is 1. The Labute approximate surface area is 169 Å². The topological polar surface area (TPSA) is 56.1 Å². The highest BCUT2D eigenvalue weighted by Crippen LogP contribution is 2.21. The molecular weight excluding hydrogens is 374 g/mol. The number of aromatic nitrogens is 2. The molecule has 5 nitrogen and oxygen atoms in total. The Morgan fingerprint density at radius 2 is 1.96 bits per heavy atom. The summed E-state index contributed by atoms with van der Waals surface area (Å²) >= 11 is 6.06. The van der Waals surface area contributed by atoms with Gasteiger partial charge in [-0.1, -0.05) is 35.9 Å². The van der Waals surface area contributed by atoms with Crippen molar-refractivity contribution in [3.8, 4) is 5.75 Å². The van der Waals surface area contributed by atoms with Crippen molar-refractivity contribution >= 4 is 29.3 Å². The number of methoxy groups -OCH3 is 1. The van der Waals surface area contributed by atoms with Gasteiger partial charge in [0.25, 0.3) is 0 Å². The van der Waals surface area contributed by atoms with Gasteiger partial charge in [0.05, 0.1) is 30.7 Å². The van der Waals surface area contributed by atoms with Gasteiger partial charge in [-0.05, 0) is 55.3 Å². The first-order valence-corrected chi connectivity index (χ1v) is 9.25. The summed E-state index contributed by atoms with van der Waals surface area (Å²) < 4.78 is 7.00. The molecule has 1 N–H and O–H groups in total. The number of hydrogen-bond acceptors (Lipinski definition) is 3. The number of nitrogens with one attached hydrogen (secondary N) is 1. The molecule has 1 amide bonds. The summed E-state index contributed by atoms with van der Waals surface area (Å²) in [5.74, 6) is 0.573. The summed E-state index contributed by atoms with van der Waals surface area (Å²) in [6, 6.07) is 15.1. The summed E-state index contributed by atoms with van der Waals surface area (Å²) in [4.78, 5) is 12.3. The fourth-order valence-corrected chi connectivity index (χ4v) is 3.10. The summed E-state index contributed by atoms with van der Waals surface area (Å²) in [5, 5.41) is 8.17. The Bertz CT molecular complexity index is 1010. The van der Waals surface area contributed by atoms with Crippen molar-refractivity contribution in [2.45, 2.75) is 20.4 Å². The van der Waals surface area contributed by atoms with Gasteiger partial charge in [0.15, 0.2) is 0 Å².